The lowest BCUT2D eigenvalue weighted by Crippen LogP contribution is -2.30. The number of carbonyl (C=O) groups is 1. The van der Waals surface area contributed by atoms with Gasteiger partial charge in [0.1, 0.15) is 5.52 Å². The number of aryl methyl sites for hydroxylation is 2. The van der Waals surface area contributed by atoms with Crippen molar-refractivity contribution < 1.29 is 9.21 Å². The molecule has 0 bridgehead atoms. The van der Waals surface area contributed by atoms with Crippen molar-refractivity contribution in [3.63, 3.8) is 0 Å². The van der Waals surface area contributed by atoms with Gasteiger partial charge in [-0.1, -0.05) is 5.57 Å². The molecule has 2 N–H and O–H groups in total. The summed E-state index contributed by atoms with van der Waals surface area (Å²) in [6.45, 7) is 5.75. The highest BCUT2D eigenvalue weighted by atomic mass is 16.3. The summed E-state index contributed by atoms with van der Waals surface area (Å²) >= 11 is 0. The highest BCUT2D eigenvalue weighted by molar-refractivity contribution is 5.93. The lowest BCUT2D eigenvalue weighted by molar-refractivity contribution is 0.0773. The fourth-order valence-corrected chi connectivity index (χ4v) is 4.36. The van der Waals surface area contributed by atoms with Gasteiger partial charge in [-0.25, -0.2) is 9.78 Å². The number of imidazole rings is 1. The number of aromatic nitrogens is 8. The van der Waals surface area contributed by atoms with Gasteiger partial charge in [-0.3, -0.25) is 18.6 Å². The number of carbonyl (C=O) groups excluding carboxylic acids is 1. The quantitative estimate of drug-likeness (QED) is 0.339. The molecule has 1 amide bonds. The van der Waals surface area contributed by atoms with E-state index < -0.39 is 0 Å². The Bertz CT molecular complexity index is 1710. The topological polar surface area (TPSA) is 147 Å². The molecular weight excluding hydrogens is 476 g/mol. The van der Waals surface area contributed by atoms with Crippen molar-refractivity contribution in [3.05, 3.63) is 52.4 Å². The zero-order valence-electron chi connectivity index (χ0n) is 20.5. The number of hydrogen-bond acceptors (Lipinski definition) is 8. The van der Waals surface area contributed by atoms with Crippen molar-refractivity contribution in [1.29, 1.82) is 0 Å². The number of furan rings is 1. The Kier molecular flexibility index (Phi) is 5.39. The van der Waals surface area contributed by atoms with Crippen LogP contribution in [0.15, 0.2) is 45.6 Å². The molecule has 5 aromatic heterocycles. The Morgan fingerprint density at radius 3 is 2.70 bits per heavy atom. The molecule has 190 valence electrons. The van der Waals surface area contributed by atoms with Gasteiger partial charge < -0.3 is 15.1 Å². The molecule has 5 aromatic rings. The molecule has 1 saturated carbocycles. The lowest BCUT2D eigenvalue weighted by atomic mass is 10.3. The second kappa shape index (κ2) is 8.76. The SMILES string of the molecule is CCN(CC)C(=O)c1cnn(CCn2c(=O)n(C=C3CC3)c3c2nc(N)n2nc(-c4ccco4)nc32)c1. The number of hydrogen-bond donors (Lipinski definition) is 1. The number of nitrogens with two attached hydrogens (primary N) is 1. The van der Waals surface area contributed by atoms with E-state index in [-0.39, 0.29) is 24.1 Å². The number of anilines is 1. The van der Waals surface area contributed by atoms with E-state index in [2.05, 4.69) is 20.2 Å². The Hall–Kier alpha value is -4.68. The molecule has 13 nitrogen and oxygen atoms in total. The van der Waals surface area contributed by atoms with Crippen LogP contribution in [-0.2, 0) is 13.1 Å². The predicted molar refractivity (Wildman–Crippen MR) is 136 cm³/mol. The third-order valence-corrected chi connectivity index (χ3v) is 6.48. The van der Waals surface area contributed by atoms with Crippen LogP contribution in [0.3, 0.4) is 0 Å². The van der Waals surface area contributed by atoms with Crippen molar-refractivity contribution in [2.75, 3.05) is 18.8 Å². The number of nitrogen functional groups attached to an aromatic ring is 1. The van der Waals surface area contributed by atoms with Gasteiger partial charge in [0.15, 0.2) is 17.1 Å². The second-order valence-electron chi connectivity index (χ2n) is 8.85. The number of nitrogens with zero attached hydrogens (tertiary/aromatic N) is 9. The van der Waals surface area contributed by atoms with Gasteiger partial charge in [0, 0.05) is 32.0 Å². The fraction of sp³-hybridized carbons (Fsp3) is 0.333. The second-order valence-corrected chi connectivity index (χ2v) is 8.85. The van der Waals surface area contributed by atoms with E-state index in [4.69, 9.17) is 10.2 Å². The Morgan fingerprint density at radius 1 is 1.19 bits per heavy atom. The van der Waals surface area contributed by atoms with Crippen LogP contribution in [0.2, 0.25) is 0 Å². The summed E-state index contributed by atoms with van der Waals surface area (Å²) in [6, 6.07) is 3.50. The Balaban J connectivity index is 1.41. The van der Waals surface area contributed by atoms with Crippen LogP contribution in [0.25, 0.3) is 34.6 Å². The third kappa shape index (κ3) is 3.88. The van der Waals surface area contributed by atoms with Gasteiger partial charge in [0.2, 0.25) is 11.8 Å². The van der Waals surface area contributed by atoms with Gasteiger partial charge in [-0.15, -0.1) is 5.10 Å². The lowest BCUT2D eigenvalue weighted by Gasteiger charge is -2.17. The summed E-state index contributed by atoms with van der Waals surface area (Å²) in [7, 11) is 0. The van der Waals surface area contributed by atoms with Gasteiger partial charge in [-0.05, 0) is 38.8 Å². The van der Waals surface area contributed by atoms with Crippen molar-refractivity contribution in [3.8, 4) is 11.6 Å². The maximum Gasteiger partial charge on any atom is 0.334 e. The molecule has 1 aliphatic carbocycles. The number of amides is 1. The largest absolute Gasteiger partial charge is 0.461 e. The van der Waals surface area contributed by atoms with Crippen molar-refractivity contribution >= 4 is 34.9 Å². The molecule has 0 atom stereocenters. The van der Waals surface area contributed by atoms with Crippen LogP contribution < -0.4 is 11.4 Å². The van der Waals surface area contributed by atoms with Crippen molar-refractivity contribution in [2.24, 2.45) is 0 Å². The van der Waals surface area contributed by atoms with Crippen LogP contribution in [0.1, 0.15) is 37.0 Å². The van der Waals surface area contributed by atoms with E-state index in [1.54, 1.807) is 49.5 Å². The molecular formula is C24H26N10O3. The summed E-state index contributed by atoms with van der Waals surface area (Å²) in [5, 5.41) is 8.78. The van der Waals surface area contributed by atoms with E-state index >= 15 is 0 Å². The molecule has 13 heteroatoms. The van der Waals surface area contributed by atoms with Gasteiger partial charge in [0.25, 0.3) is 5.91 Å². The maximum atomic E-state index is 13.6. The first-order valence-corrected chi connectivity index (χ1v) is 12.2. The molecule has 1 fully saturated rings. The van der Waals surface area contributed by atoms with Crippen molar-refractivity contribution in [1.82, 2.24) is 43.4 Å². The van der Waals surface area contributed by atoms with Crippen LogP contribution >= 0.6 is 0 Å². The molecule has 6 rings (SSSR count). The number of rotatable bonds is 8. The minimum Gasteiger partial charge on any atom is -0.461 e. The van der Waals surface area contributed by atoms with E-state index in [0.29, 0.717) is 53.6 Å². The Morgan fingerprint density at radius 2 is 2.00 bits per heavy atom. The van der Waals surface area contributed by atoms with Gasteiger partial charge in [-0.2, -0.15) is 14.6 Å². The van der Waals surface area contributed by atoms with Crippen LogP contribution in [0.4, 0.5) is 5.95 Å². The average Bonchev–Trinajstić information content (AvgIpc) is 3.31. The summed E-state index contributed by atoms with van der Waals surface area (Å²) in [5.41, 5.74) is 8.98. The minimum absolute atomic E-state index is 0.0721. The standard InChI is InChI=1S/C24H26N10O3/c1-3-30(4-2)22(35)16-12-26-31(14-16)9-10-32-20-18(33(24(32)36)13-15-7-8-15)21-27-19(17-6-5-11-37-17)29-34(21)23(25)28-20/h5-6,11-14H,3-4,7-10H2,1-2H3,(H2,25,28). The maximum absolute atomic E-state index is 13.6. The summed E-state index contributed by atoms with van der Waals surface area (Å²) < 4.78 is 11.6. The molecule has 0 radical (unpaired) electrons. The molecule has 0 aromatic carbocycles. The molecule has 0 saturated heterocycles. The highest BCUT2D eigenvalue weighted by Gasteiger charge is 2.24. The summed E-state index contributed by atoms with van der Waals surface area (Å²) in [4.78, 5) is 37.1. The van der Waals surface area contributed by atoms with Crippen LogP contribution in [-0.4, -0.2) is 62.4 Å². The third-order valence-electron chi connectivity index (χ3n) is 6.48. The predicted octanol–water partition coefficient (Wildman–Crippen LogP) is 2.10. The Labute approximate surface area is 210 Å². The minimum atomic E-state index is -0.261. The molecule has 0 aliphatic heterocycles. The van der Waals surface area contributed by atoms with Crippen LogP contribution in [0.5, 0.6) is 0 Å². The van der Waals surface area contributed by atoms with E-state index in [0.717, 1.165) is 18.4 Å². The highest BCUT2D eigenvalue weighted by Crippen LogP contribution is 2.30. The van der Waals surface area contributed by atoms with E-state index in [1.165, 1.54) is 4.52 Å². The zero-order chi connectivity index (χ0) is 25.7. The summed E-state index contributed by atoms with van der Waals surface area (Å²) in [6.07, 6.45) is 8.52. The first kappa shape index (κ1) is 22.8. The smallest absolute Gasteiger partial charge is 0.334 e. The van der Waals surface area contributed by atoms with Gasteiger partial charge in [0.05, 0.1) is 24.6 Å². The number of allylic oxidation sites excluding steroid dienone is 1. The first-order chi connectivity index (χ1) is 18.0. The average molecular weight is 503 g/mol. The van der Waals surface area contributed by atoms with E-state index in [9.17, 15) is 9.59 Å². The molecule has 0 unspecified atom stereocenters. The monoisotopic (exact) mass is 502 g/mol. The fourth-order valence-electron chi connectivity index (χ4n) is 4.36. The first-order valence-electron chi connectivity index (χ1n) is 12.2. The molecule has 5 heterocycles. The zero-order valence-corrected chi connectivity index (χ0v) is 20.5. The van der Waals surface area contributed by atoms with E-state index in [1.807, 2.05) is 20.0 Å². The summed E-state index contributed by atoms with van der Waals surface area (Å²) in [5.74, 6) is 0.860. The van der Waals surface area contributed by atoms with Crippen molar-refractivity contribution in [2.45, 2.75) is 39.8 Å². The molecule has 0 spiro atoms. The normalized spacial score (nSPS) is 13.1. The molecule has 37 heavy (non-hydrogen) atoms. The van der Waals surface area contributed by atoms with Gasteiger partial charge >= 0.3 is 5.69 Å². The van der Waals surface area contributed by atoms with Crippen LogP contribution in [0, 0.1) is 0 Å². The molecule has 1 aliphatic rings. The number of fused-ring (bicyclic) bond motifs is 3.